The number of hydrogen-bond acceptors (Lipinski definition) is 2. The summed E-state index contributed by atoms with van der Waals surface area (Å²) in [6.07, 6.45) is 6.21. The van der Waals surface area contributed by atoms with Gasteiger partial charge in [-0.1, -0.05) is 52.0 Å². The highest BCUT2D eigenvalue weighted by molar-refractivity contribution is 6.00. The fraction of sp³-hybridized carbons (Fsp3) is 0.409. The minimum Gasteiger partial charge on any atom is -0.497 e. The molecule has 0 saturated heterocycles. The summed E-state index contributed by atoms with van der Waals surface area (Å²) >= 11 is 0. The number of hydrogen-bond donors (Lipinski definition) is 0. The van der Waals surface area contributed by atoms with E-state index in [1.54, 1.807) is 14.0 Å². The number of allylic oxidation sites excluding steroid dienone is 5. The number of benzene rings is 1. The molecule has 0 fully saturated rings. The molecule has 1 aromatic rings. The van der Waals surface area contributed by atoms with E-state index >= 15 is 0 Å². The first-order valence-electron chi connectivity index (χ1n) is 8.62. The summed E-state index contributed by atoms with van der Waals surface area (Å²) in [7, 11) is 1.67. The fourth-order valence-corrected chi connectivity index (χ4v) is 2.59. The zero-order valence-electron chi connectivity index (χ0n) is 15.9. The highest BCUT2D eigenvalue weighted by Gasteiger charge is 2.14. The number of methoxy groups -OCH3 is 1. The minimum atomic E-state index is 0.0208. The molecule has 0 aliphatic carbocycles. The molecule has 0 saturated carbocycles. The van der Waals surface area contributed by atoms with Crippen LogP contribution in [0.15, 0.2) is 48.1 Å². The summed E-state index contributed by atoms with van der Waals surface area (Å²) in [5.74, 6) is 1.35. The summed E-state index contributed by atoms with van der Waals surface area (Å²) in [5, 5.41) is 0. The Morgan fingerprint density at radius 2 is 2.00 bits per heavy atom. The Bertz CT molecular complexity index is 663. The van der Waals surface area contributed by atoms with Gasteiger partial charge in [0.15, 0.2) is 5.78 Å². The molecule has 1 atom stereocenters. The molecule has 1 rings (SSSR count). The molecule has 130 valence electrons. The first-order chi connectivity index (χ1) is 11.3. The Labute approximate surface area is 146 Å². The molecule has 0 spiro atoms. The molecule has 1 aromatic carbocycles. The van der Waals surface area contributed by atoms with Crippen molar-refractivity contribution in [1.82, 2.24) is 0 Å². The standard InChI is InChI=1S/C22H30O2/c1-8-15(3)10-12-22(20(9-2)17(5)18(6)23)21-13-11-19(24-7)14-16(21)4/h10-15H,5,8-9H2,1-4,6-7H3/b12-10-,22-20+. The number of ether oxygens (including phenoxy) is 1. The van der Waals surface area contributed by atoms with Gasteiger partial charge in [-0.25, -0.2) is 0 Å². The predicted octanol–water partition coefficient (Wildman–Crippen LogP) is 5.91. The highest BCUT2D eigenvalue weighted by Crippen LogP contribution is 2.31. The molecule has 0 amide bonds. The van der Waals surface area contributed by atoms with Crippen molar-refractivity contribution in [3.8, 4) is 5.75 Å². The van der Waals surface area contributed by atoms with Crippen LogP contribution in [-0.4, -0.2) is 12.9 Å². The van der Waals surface area contributed by atoms with Crippen molar-refractivity contribution in [2.24, 2.45) is 5.92 Å². The molecule has 0 aromatic heterocycles. The zero-order chi connectivity index (χ0) is 18.3. The molecule has 0 heterocycles. The van der Waals surface area contributed by atoms with Crippen LogP contribution in [0.2, 0.25) is 0 Å². The molecule has 0 aliphatic rings. The number of ketones is 1. The van der Waals surface area contributed by atoms with Gasteiger partial charge in [-0.2, -0.15) is 0 Å². The lowest BCUT2D eigenvalue weighted by Crippen LogP contribution is -2.02. The first-order valence-corrected chi connectivity index (χ1v) is 8.62. The van der Waals surface area contributed by atoms with Gasteiger partial charge in [0.25, 0.3) is 0 Å². The van der Waals surface area contributed by atoms with Gasteiger partial charge in [0, 0.05) is 5.57 Å². The topological polar surface area (TPSA) is 26.3 Å². The maximum Gasteiger partial charge on any atom is 0.159 e. The fourth-order valence-electron chi connectivity index (χ4n) is 2.59. The van der Waals surface area contributed by atoms with Crippen LogP contribution in [0.1, 0.15) is 51.7 Å². The van der Waals surface area contributed by atoms with E-state index < -0.39 is 0 Å². The third-order valence-electron chi connectivity index (χ3n) is 4.43. The Balaban J connectivity index is 3.56. The van der Waals surface area contributed by atoms with Gasteiger partial charge in [0.05, 0.1) is 7.11 Å². The third kappa shape index (κ3) is 4.95. The third-order valence-corrected chi connectivity index (χ3v) is 4.43. The van der Waals surface area contributed by atoms with Crippen molar-refractivity contribution in [2.75, 3.05) is 7.11 Å². The van der Waals surface area contributed by atoms with Gasteiger partial charge < -0.3 is 4.74 Å². The normalized spacial score (nSPS) is 13.6. The quantitative estimate of drug-likeness (QED) is 0.438. The molecule has 0 aliphatic heterocycles. The van der Waals surface area contributed by atoms with Gasteiger partial charge in [-0.3, -0.25) is 4.79 Å². The summed E-state index contributed by atoms with van der Waals surface area (Å²) in [6, 6.07) is 6.05. The summed E-state index contributed by atoms with van der Waals surface area (Å²) in [5.41, 5.74) is 4.93. The van der Waals surface area contributed by atoms with Gasteiger partial charge in [-0.15, -0.1) is 0 Å². The Morgan fingerprint density at radius 3 is 2.46 bits per heavy atom. The largest absolute Gasteiger partial charge is 0.497 e. The van der Waals surface area contributed by atoms with E-state index in [0.717, 1.165) is 40.9 Å². The zero-order valence-corrected chi connectivity index (χ0v) is 15.9. The molecule has 0 radical (unpaired) electrons. The van der Waals surface area contributed by atoms with Crippen molar-refractivity contribution in [1.29, 1.82) is 0 Å². The van der Waals surface area contributed by atoms with Crippen LogP contribution in [0.25, 0.3) is 5.57 Å². The molecule has 2 nitrogen and oxygen atoms in total. The van der Waals surface area contributed by atoms with Crippen molar-refractivity contribution in [2.45, 2.75) is 47.5 Å². The molecule has 2 heteroatoms. The van der Waals surface area contributed by atoms with Crippen LogP contribution in [0, 0.1) is 12.8 Å². The molecule has 0 bridgehead atoms. The highest BCUT2D eigenvalue weighted by atomic mass is 16.5. The molecular formula is C22H30O2. The van der Waals surface area contributed by atoms with Gasteiger partial charge >= 0.3 is 0 Å². The Kier molecular flexibility index (Phi) is 7.70. The van der Waals surface area contributed by atoms with Crippen LogP contribution >= 0.6 is 0 Å². The van der Waals surface area contributed by atoms with E-state index in [4.69, 9.17) is 4.74 Å². The molecular weight excluding hydrogens is 296 g/mol. The van der Waals surface area contributed by atoms with E-state index in [0.29, 0.717) is 11.5 Å². The first kappa shape index (κ1) is 20.0. The number of aryl methyl sites for hydroxylation is 1. The second kappa shape index (κ2) is 9.27. The van der Waals surface area contributed by atoms with Crippen LogP contribution in [0.5, 0.6) is 5.75 Å². The number of carbonyl (C=O) groups is 1. The molecule has 1 unspecified atom stereocenters. The molecule has 24 heavy (non-hydrogen) atoms. The second-order valence-corrected chi connectivity index (χ2v) is 6.21. The van der Waals surface area contributed by atoms with Crippen LogP contribution in [0.3, 0.4) is 0 Å². The number of carbonyl (C=O) groups excluding carboxylic acids is 1. The van der Waals surface area contributed by atoms with E-state index in [9.17, 15) is 4.79 Å². The van der Waals surface area contributed by atoms with Crippen LogP contribution in [0.4, 0.5) is 0 Å². The number of Topliss-reactive ketones (excluding diaryl/α,β-unsaturated/α-hetero) is 1. The van der Waals surface area contributed by atoms with Gasteiger partial charge in [0.1, 0.15) is 5.75 Å². The van der Waals surface area contributed by atoms with Crippen LogP contribution < -0.4 is 4.74 Å². The Morgan fingerprint density at radius 1 is 1.33 bits per heavy atom. The monoisotopic (exact) mass is 326 g/mol. The predicted molar refractivity (Wildman–Crippen MR) is 103 cm³/mol. The van der Waals surface area contributed by atoms with Crippen molar-refractivity contribution < 1.29 is 9.53 Å². The lowest BCUT2D eigenvalue weighted by Gasteiger charge is -2.16. The van der Waals surface area contributed by atoms with E-state index in [1.807, 2.05) is 12.1 Å². The maximum atomic E-state index is 11.9. The average Bonchev–Trinajstić information content (AvgIpc) is 2.57. The summed E-state index contributed by atoms with van der Waals surface area (Å²) in [6.45, 7) is 14.1. The van der Waals surface area contributed by atoms with Gasteiger partial charge in [-0.05, 0) is 60.6 Å². The SMILES string of the molecule is C=C(C(C)=O)/C(CC)=C(\C=C/C(C)CC)c1ccc(OC)cc1C. The maximum absolute atomic E-state index is 11.9. The Hall–Kier alpha value is -2.09. The lowest BCUT2D eigenvalue weighted by atomic mass is 9.89. The minimum absolute atomic E-state index is 0.0208. The van der Waals surface area contributed by atoms with E-state index in [2.05, 4.69) is 52.5 Å². The summed E-state index contributed by atoms with van der Waals surface area (Å²) < 4.78 is 5.31. The van der Waals surface area contributed by atoms with Crippen LogP contribution in [-0.2, 0) is 4.79 Å². The van der Waals surface area contributed by atoms with Gasteiger partial charge in [0.2, 0.25) is 0 Å². The smallest absolute Gasteiger partial charge is 0.159 e. The van der Waals surface area contributed by atoms with E-state index in [1.165, 1.54) is 0 Å². The van der Waals surface area contributed by atoms with Crippen molar-refractivity contribution in [3.63, 3.8) is 0 Å². The van der Waals surface area contributed by atoms with Crippen molar-refractivity contribution >= 4 is 11.4 Å². The van der Waals surface area contributed by atoms with Crippen molar-refractivity contribution in [3.05, 3.63) is 59.2 Å². The van der Waals surface area contributed by atoms with E-state index in [-0.39, 0.29) is 5.78 Å². The average molecular weight is 326 g/mol. The lowest BCUT2D eigenvalue weighted by molar-refractivity contribution is -0.113. The molecule has 0 N–H and O–H groups in total. The summed E-state index contributed by atoms with van der Waals surface area (Å²) in [4.78, 5) is 11.9. The second-order valence-electron chi connectivity index (χ2n) is 6.21. The number of rotatable bonds is 8.